The van der Waals surface area contributed by atoms with Crippen LogP contribution in [0.3, 0.4) is 0 Å². The monoisotopic (exact) mass is 286 g/mol. The molecule has 1 aliphatic rings. The molecule has 6 heteroatoms. The summed E-state index contributed by atoms with van der Waals surface area (Å²) in [7, 11) is -1.73. The van der Waals surface area contributed by atoms with Gasteiger partial charge >= 0.3 is 0 Å². The first kappa shape index (κ1) is 14.4. The van der Waals surface area contributed by atoms with Crippen molar-refractivity contribution in [2.45, 2.75) is 24.6 Å². The van der Waals surface area contributed by atoms with Crippen LogP contribution in [0, 0.1) is 5.82 Å². The summed E-state index contributed by atoms with van der Waals surface area (Å²) < 4.78 is 38.8. The van der Waals surface area contributed by atoms with E-state index in [-0.39, 0.29) is 17.6 Å². The van der Waals surface area contributed by atoms with Gasteiger partial charge in [0.05, 0.1) is 5.75 Å². The van der Waals surface area contributed by atoms with Crippen LogP contribution in [-0.4, -0.2) is 38.9 Å². The van der Waals surface area contributed by atoms with Crippen LogP contribution in [0.15, 0.2) is 24.3 Å². The number of piperidine rings is 1. The number of rotatable bonds is 4. The normalized spacial score (nSPS) is 20.7. The lowest BCUT2D eigenvalue weighted by Gasteiger charge is -2.30. The molecule has 1 unspecified atom stereocenters. The zero-order valence-electron chi connectivity index (χ0n) is 11.0. The summed E-state index contributed by atoms with van der Waals surface area (Å²) in [4.78, 5) is 0. The Bertz CT molecular complexity index is 510. The zero-order valence-corrected chi connectivity index (χ0v) is 11.8. The first-order chi connectivity index (χ1) is 8.99. The number of hydrogen-bond donors (Lipinski definition) is 1. The minimum absolute atomic E-state index is 0.0131. The number of hydrogen-bond acceptors (Lipinski definition) is 3. The largest absolute Gasteiger partial charge is 0.315 e. The van der Waals surface area contributed by atoms with E-state index in [0.29, 0.717) is 12.1 Å². The first-order valence-corrected chi connectivity index (χ1v) is 8.01. The second-order valence-corrected chi connectivity index (χ2v) is 6.93. The molecule has 0 spiro atoms. The van der Waals surface area contributed by atoms with Crippen molar-refractivity contribution >= 4 is 10.0 Å². The molecule has 1 atom stereocenters. The molecular weight excluding hydrogens is 267 g/mol. The van der Waals surface area contributed by atoms with Crippen LogP contribution in [0.25, 0.3) is 0 Å². The molecule has 106 valence electrons. The molecule has 0 amide bonds. The molecule has 19 heavy (non-hydrogen) atoms. The SMILES string of the molecule is CN(C1CCCNC1)S(=O)(=O)Cc1ccc(F)cc1. The Balaban J connectivity index is 2.06. The van der Waals surface area contributed by atoms with Crippen LogP contribution in [-0.2, 0) is 15.8 Å². The van der Waals surface area contributed by atoms with E-state index in [1.807, 2.05) is 0 Å². The summed E-state index contributed by atoms with van der Waals surface area (Å²) in [6.45, 7) is 1.64. The van der Waals surface area contributed by atoms with E-state index in [0.717, 1.165) is 19.4 Å². The highest BCUT2D eigenvalue weighted by Crippen LogP contribution is 2.16. The van der Waals surface area contributed by atoms with Crippen LogP contribution in [0.2, 0.25) is 0 Å². The van der Waals surface area contributed by atoms with Crippen LogP contribution in [0.4, 0.5) is 4.39 Å². The van der Waals surface area contributed by atoms with Gasteiger partial charge in [0.15, 0.2) is 0 Å². The number of nitrogens with zero attached hydrogens (tertiary/aromatic N) is 1. The van der Waals surface area contributed by atoms with Crippen molar-refractivity contribution < 1.29 is 12.8 Å². The maximum Gasteiger partial charge on any atom is 0.218 e. The molecule has 1 fully saturated rings. The number of sulfonamides is 1. The van der Waals surface area contributed by atoms with Crippen molar-refractivity contribution in [1.29, 1.82) is 0 Å². The molecular formula is C13H19FN2O2S. The maximum atomic E-state index is 12.8. The molecule has 1 N–H and O–H groups in total. The van der Waals surface area contributed by atoms with E-state index in [1.54, 1.807) is 7.05 Å². The third kappa shape index (κ3) is 3.75. The predicted molar refractivity (Wildman–Crippen MR) is 72.7 cm³/mol. The Morgan fingerprint density at radius 3 is 2.63 bits per heavy atom. The van der Waals surface area contributed by atoms with E-state index in [4.69, 9.17) is 0 Å². The van der Waals surface area contributed by atoms with Gasteiger partial charge in [-0.25, -0.2) is 17.1 Å². The lowest BCUT2D eigenvalue weighted by molar-refractivity contribution is 0.300. The minimum atomic E-state index is -3.35. The molecule has 0 aliphatic carbocycles. The third-order valence-electron chi connectivity index (χ3n) is 3.49. The Kier molecular flexibility index (Phi) is 4.54. The highest BCUT2D eigenvalue weighted by Gasteiger charge is 2.27. The third-order valence-corrected chi connectivity index (χ3v) is 5.36. The van der Waals surface area contributed by atoms with Gasteiger partial charge in [-0.2, -0.15) is 0 Å². The average Bonchev–Trinajstić information content (AvgIpc) is 2.41. The summed E-state index contributed by atoms with van der Waals surface area (Å²) in [6, 6.07) is 5.61. The fraction of sp³-hybridized carbons (Fsp3) is 0.538. The minimum Gasteiger partial charge on any atom is -0.315 e. The number of nitrogens with one attached hydrogen (secondary N) is 1. The smallest absolute Gasteiger partial charge is 0.218 e. The van der Waals surface area contributed by atoms with E-state index in [1.165, 1.54) is 28.6 Å². The van der Waals surface area contributed by atoms with Gasteiger partial charge in [-0.05, 0) is 37.1 Å². The van der Waals surface area contributed by atoms with Crippen molar-refractivity contribution in [2.75, 3.05) is 20.1 Å². The molecule has 2 rings (SSSR count). The van der Waals surface area contributed by atoms with Crippen LogP contribution < -0.4 is 5.32 Å². The van der Waals surface area contributed by atoms with Gasteiger partial charge in [-0.1, -0.05) is 12.1 Å². The summed E-state index contributed by atoms with van der Waals surface area (Å²) in [5.41, 5.74) is 0.608. The van der Waals surface area contributed by atoms with Crippen molar-refractivity contribution in [3.8, 4) is 0 Å². The molecule has 1 heterocycles. The molecule has 0 radical (unpaired) electrons. The molecule has 0 saturated carbocycles. The van der Waals surface area contributed by atoms with Gasteiger partial charge in [-0.15, -0.1) is 0 Å². The Morgan fingerprint density at radius 1 is 1.37 bits per heavy atom. The summed E-state index contributed by atoms with van der Waals surface area (Å²) in [5.74, 6) is -0.439. The predicted octanol–water partition coefficient (Wildman–Crippen LogP) is 1.34. The number of likely N-dealkylation sites (N-methyl/N-ethyl adjacent to an activating group) is 1. The van der Waals surface area contributed by atoms with Crippen molar-refractivity contribution in [3.63, 3.8) is 0 Å². The van der Waals surface area contributed by atoms with Gasteiger partial charge in [0.2, 0.25) is 10.0 Å². The van der Waals surface area contributed by atoms with E-state index in [2.05, 4.69) is 5.32 Å². The standard InChI is InChI=1S/C13H19FN2O2S/c1-16(13-3-2-8-15-9-13)19(17,18)10-11-4-6-12(14)7-5-11/h4-7,13,15H,2-3,8-10H2,1H3. The molecule has 1 aliphatic heterocycles. The van der Waals surface area contributed by atoms with Crippen molar-refractivity contribution in [3.05, 3.63) is 35.6 Å². The van der Waals surface area contributed by atoms with Gasteiger partial charge in [0, 0.05) is 19.6 Å². The molecule has 0 aromatic heterocycles. The topological polar surface area (TPSA) is 49.4 Å². The summed E-state index contributed by atoms with van der Waals surface area (Å²) in [6.07, 6.45) is 1.87. The molecule has 1 aromatic rings. The van der Waals surface area contributed by atoms with Crippen molar-refractivity contribution in [1.82, 2.24) is 9.62 Å². The van der Waals surface area contributed by atoms with Crippen LogP contribution >= 0.6 is 0 Å². The zero-order chi connectivity index (χ0) is 13.9. The first-order valence-electron chi connectivity index (χ1n) is 6.40. The Morgan fingerprint density at radius 2 is 2.05 bits per heavy atom. The number of benzene rings is 1. The van der Waals surface area contributed by atoms with Gasteiger partial charge < -0.3 is 5.32 Å². The molecule has 1 saturated heterocycles. The van der Waals surface area contributed by atoms with Crippen LogP contribution in [0.5, 0.6) is 0 Å². The fourth-order valence-corrected chi connectivity index (χ4v) is 3.72. The van der Waals surface area contributed by atoms with E-state index in [9.17, 15) is 12.8 Å². The van der Waals surface area contributed by atoms with Gasteiger partial charge in [0.1, 0.15) is 5.82 Å². The molecule has 4 nitrogen and oxygen atoms in total. The fourth-order valence-electron chi connectivity index (χ4n) is 2.26. The van der Waals surface area contributed by atoms with E-state index >= 15 is 0 Å². The molecule has 0 bridgehead atoms. The van der Waals surface area contributed by atoms with Gasteiger partial charge in [-0.3, -0.25) is 0 Å². The average molecular weight is 286 g/mol. The Labute approximate surface area is 113 Å². The van der Waals surface area contributed by atoms with Gasteiger partial charge in [0.25, 0.3) is 0 Å². The lowest BCUT2D eigenvalue weighted by atomic mass is 10.1. The summed E-state index contributed by atoms with van der Waals surface area (Å²) in [5, 5.41) is 3.20. The lowest BCUT2D eigenvalue weighted by Crippen LogP contribution is -2.46. The quantitative estimate of drug-likeness (QED) is 0.908. The molecule has 1 aromatic carbocycles. The number of halogens is 1. The van der Waals surface area contributed by atoms with Crippen LogP contribution in [0.1, 0.15) is 18.4 Å². The van der Waals surface area contributed by atoms with Crippen molar-refractivity contribution in [2.24, 2.45) is 0 Å². The highest BCUT2D eigenvalue weighted by atomic mass is 32.2. The maximum absolute atomic E-state index is 12.8. The second-order valence-electron chi connectivity index (χ2n) is 4.90. The van der Waals surface area contributed by atoms with E-state index < -0.39 is 10.0 Å². The second kappa shape index (κ2) is 5.98. The Hall–Kier alpha value is -0.980. The highest BCUT2D eigenvalue weighted by molar-refractivity contribution is 7.88. The summed E-state index contributed by atoms with van der Waals surface area (Å²) >= 11 is 0.